The first-order valence-electron chi connectivity index (χ1n) is 11.7. The van der Waals surface area contributed by atoms with Gasteiger partial charge in [-0.1, -0.05) is 55.9 Å². The maximum absolute atomic E-state index is 13.4. The Bertz CT molecular complexity index is 1050. The normalized spacial score (nSPS) is 19.2. The van der Waals surface area contributed by atoms with Crippen molar-refractivity contribution in [3.05, 3.63) is 31.0 Å². The van der Waals surface area contributed by atoms with Crippen molar-refractivity contribution in [3.8, 4) is 0 Å². The average molecular weight is 493 g/mol. The van der Waals surface area contributed by atoms with Gasteiger partial charge in [0.15, 0.2) is 11.0 Å². The Hall–Kier alpha value is -2.27. The molecule has 4 rings (SSSR count). The van der Waals surface area contributed by atoms with E-state index in [-0.39, 0.29) is 33.3 Å². The van der Waals surface area contributed by atoms with E-state index < -0.39 is 15.1 Å². The number of aryl methyl sites for hydroxylation is 1. The van der Waals surface area contributed by atoms with Crippen LogP contribution in [0.4, 0.5) is 9.93 Å². The number of hydrogen-bond donors (Lipinski definition) is 1. The van der Waals surface area contributed by atoms with Crippen molar-refractivity contribution in [2.75, 3.05) is 5.32 Å². The standard InChI is InChI=1S/C22H32N6O3S2/c1-3-18(20-26-24-15-27(20)2)33(30,31)19-14-23-21(32-19)25-22(29)28(16-10-6-4-7-11-16)17-12-8-5-9-13-17/h3,14-18H,1,4-13H2,2H3,(H,23,25,29). The maximum Gasteiger partial charge on any atom is 0.324 e. The van der Waals surface area contributed by atoms with E-state index >= 15 is 0 Å². The number of carbonyl (C=O) groups is 1. The molecule has 0 aromatic carbocycles. The molecule has 11 heteroatoms. The largest absolute Gasteiger partial charge is 0.324 e. The highest BCUT2D eigenvalue weighted by atomic mass is 32.2. The molecule has 1 atom stereocenters. The van der Waals surface area contributed by atoms with Crippen molar-refractivity contribution in [2.45, 2.75) is 85.8 Å². The van der Waals surface area contributed by atoms with Gasteiger partial charge < -0.3 is 9.47 Å². The summed E-state index contributed by atoms with van der Waals surface area (Å²) in [5, 5.41) is 9.85. The lowest BCUT2D eigenvalue weighted by Crippen LogP contribution is -2.50. The highest BCUT2D eigenvalue weighted by Gasteiger charge is 2.35. The minimum Gasteiger partial charge on any atom is -0.319 e. The zero-order valence-electron chi connectivity index (χ0n) is 19.0. The predicted molar refractivity (Wildman–Crippen MR) is 128 cm³/mol. The van der Waals surface area contributed by atoms with E-state index in [1.807, 2.05) is 4.90 Å². The first-order valence-corrected chi connectivity index (χ1v) is 14.0. The Balaban J connectivity index is 1.53. The minimum atomic E-state index is -3.82. The summed E-state index contributed by atoms with van der Waals surface area (Å²) in [5.74, 6) is 0.282. The third-order valence-corrected chi connectivity index (χ3v) is 10.1. The Kier molecular flexibility index (Phi) is 7.48. The number of nitrogens with one attached hydrogen (secondary N) is 1. The van der Waals surface area contributed by atoms with Crippen molar-refractivity contribution >= 4 is 32.3 Å². The van der Waals surface area contributed by atoms with Crippen molar-refractivity contribution in [1.82, 2.24) is 24.6 Å². The second kappa shape index (κ2) is 10.3. The molecule has 0 bridgehead atoms. The third-order valence-electron chi connectivity index (χ3n) is 6.70. The van der Waals surface area contributed by atoms with E-state index in [4.69, 9.17) is 0 Å². The van der Waals surface area contributed by atoms with Gasteiger partial charge in [-0.2, -0.15) is 0 Å². The molecule has 0 aliphatic heterocycles. The Morgan fingerprint density at radius 2 is 1.79 bits per heavy atom. The van der Waals surface area contributed by atoms with Crippen LogP contribution in [0.15, 0.2) is 29.4 Å². The molecule has 2 heterocycles. The number of nitrogens with zero attached hydrogens (tertiary/aromatic N) is 5. The molecule has 2 amide bonds. The first-order chi connectivity index (χ1) is 15.9. The number of carbonyl (C=O) groups excluding carboxylic acids is 1. The molecule has 0 radical (unpaired) electrons. The summed E-state index contributed by atoms with van der Waals surface area (Å²) < 4.78 is 28.1. The second-order valence-corrected chi connectivity index (χ2v) is 12.2. The Morgan fingerprint density at radius 1 is 1.18 bits per heavy atom. The molecule has 2 aliphatic rings. The lowest BCUT2D eigenvalue weighted by Gasteiger charge is -2.41. The Morgan fingerprint density at radius 3 is 2.30 bits per heavy atom. The molecule has 33 heavy (non-hydrogen) atoms. The van der Waals surface area contributed by atoms with Crippen LogP contribution in [-0.4, -0.2) is 51.2 Å². The number of aromatic nitrogens is 4. The lowest BCUT2D eigenvalue weighted by atomic mass is 9.89. The van der Waals surface area contributed by atoms with Gasteiger partial charge in [-0.15, -0.1) is 16.8 Å². The topological polar surface area (TPSA) is 110 Å². The lowest BCUT2D eigenvalue weighted by molar-refractivity contribution is 0.114. The molecule has 1 unspecified atom stereocenters. The van der Waals surface area contributed by atoms with Crippen LogP contribution in [-0.2, 0) is 16.9 Å². The minimum absolute atomic E-state index is 0.0626. The monoisotopic (exact) mass is 492 g/mol. The molecule has 0 spiro atoms. The van der Waals surface area contributed by atoms with Gasteiger partial charge >= 0.3 is 6.03 Å². The molecule has 2 aromatic rings. The van der Waals surface area contributed by atoms with Gasteiger partial charge in [-0.25, -0.2) is 18.2 Å². The molecule has 2 aromatic heterocycles. The van der Waals surface area contributed by atoms with Crippen LogP contribution in [0, 0.1) is 0 Å². The van der Waals surface area contributed by atoms with E-state index in [9.17, 15) is 13.2 Å². The summed E-state index contributed by atoms with van der Waals surface area (Å²) in [6.07, 6.45) is 15.2. The van der Waals surface area contributed by atoms with Crippen LogP contribution in [0.1, 0.15) is 75.3 Å². The van der Waals surface area contributed by atoms with Crippen LogP contribution >= 0.6 is 11.3 Å². The first kappa shape index (κ1) is 23.9. The zero-order chi connectivity index (χ0) is 23.4. The SMILES string of the molecule is C=CC(c1nncn1C)S(=O)(=O)c1cnc(NC(=O)N(C2CCCCC2)C2CCCCC2)s1. The van der Waals surface area contributed by atoms with Crippen LogP contribution in [0.2, 0.25) is 0 Å². The van der Waals surface area contributed by atoms with Gasteiger partial charge in [0.2, 0.25) is 9.84 Å². The van der Waals surface area contributed by atoms with E-state index in [2.05, 4.69) is 27.1 Å². The summed E-state index contributed by atoms with van der Waals surface area (Å²) in [4.78, 5) is 19.6. The highest BCUT2D eigenvalue weighted by Crippen LogP contribution is 2.35. The van der Waals surface area contributed by atoms with Gasteiger partial charge in [-0.3, -0.25) is 5.32 Å². The quantitative estimate of drug-likeness (QED) is 0.571. The van der Waals surface area contributed by atoms with Crippen LogP contribution < -0.4 is 5.32 Å². The second-order valence-electron chi connectivity index (χ2n) is 8.91. The molecule has 1 N–H and O–H groups in total. The zero-order valence-corrected chi connectivity index (χ0v) is 20.7. The molecular formula is C22H32N6O3S2. The molecule has 2 saturated carbocycles. The van der Waals surface area contributed by atoms with Crippen molar-refractivity contribution in [1.29, 1.82) is 0 Å². The molecule has 2 fully saturated rings. The number of urea groups is 1. The molecule has 9 nitrogen and oxygen atoms in total. The molecule has 2 aliphatic carbocycles. The number of anilines is 1. The van der Waals surface area contributed by atoms with Crippen molar-refractivity contribution < 1.29 is 13.2 Å². The fraction of sp³-hybridized carbons (Fsp3) is 0.636. The van der Waals surface area contributed by atoms with Gasteiger partial charge in [0.25, 0.3) is 0 Å². The Labute approximate surface area is 199 Å². The summed E-state index contributed by atoms with van der Waals surface area (Å²) >= 11 is 0.963. The number of amides is 2. The summed E-state index contributed by atoms with van der Waals surface area (Å²) in [6, 6.07) is 0.317. The van der Waals surface area contributed by atoms with E-state index in [0.29, 0.717) is 0 Å². The maximum atomic E-state index is 13.4. The number of hydrogen-bond acceptors (Lipinski definition) is 7. The van der Waals surface area contributed by atoms with Gasteiger partial charge in [-0.05, 0) is 25.7 Å². The smallest absolute Gasteiger partial charge is 0.319 e. The van der Waals surface area contributed by atoms with Crippen molar-refractivity contribution in [3.63, 3.8) is 0 Å². The number of thiazole rings is 1. The summed E-state index contributed by atoms with van der Waals surface area (Å²) in [5.41, 5.74) is 0. The van der Waals surface area contributed by atoms with Crippen molar-refractivity contribution in [2.24, 2.45) is 7.05 Å². The summed E-state index contributed by atoms with van der Waals surface area (Å²) in [6.45, 7) is 3.68. The van der Waals surface area contributed by atoms with Gasteiger partial charge in [0.05, 0.1) is 6.20 Å². The average Bonchev–Trinajstić information content (AvgIpc) is 3.46. The van der Waals surface area contributed by atoms with Crippen LogP contribution in [0.5, 0.6) is 0 Å². The van der Waals surface area contributed by atoms with E-state index in [1.54, 1.807) is 11.6 Å². The number of sulfone groups is 1. The number of rotatable bonds is 7. The molecule has 180 valence electrons. The predicted octanol–water partition coefficient (Wildman–Crippen LogP) is 4.47. The summed E-state index contributed by atoms with van der Waals surface area (Å²) in [7, 11) is -2.14. The van der Waals surface area contributed by atoms with Gasteiger partial charge in [0, 0.05) is 19.1 Å². The van der Waals surface area contributed by atoms with Crippen LogP contribution in [0.25, 0.3) is 0 Å². The highest BCUT2D eigenvalue weighted by molar-refractivity contribution is 7.93. The van der Waals surface area contributed by atoms with E-state index in [0.717, 1.165) is 62.7 Å². The molecular weight excluding hydrogens is 460 g/mol. The molecule has 0 saturated heterocycles. The third kappa shape index (κ3) is 5.13. The van der Waals surface area contributed by atoms with Gasteiger partial charge in [0.1, 0.15) is 15.8 Å². The fourth-order valence-electron chi connectivity index (χ4n) is 5.00. The fourth-order valence-corrected chi connectivity index (χ4v) is 7.74. The van der Waals surface area contributed by atoms with Crippen LogP contribution in [0.3, 0.4) is 0 Å². The van der Waals surface area contributed by atoms with E-state index in [1.165, 1.54) is 31.4 Å².